The van der Waals surface area contributed by atoms with E-state index in [0.29, 0.717) is 0 Å². The fourth-order valence-electron chi connectivity index (χ4n) is 5.72. The second-order valence-corrected chi connectivity index (χ2v) is 13.5. The monoisotopic (exact) mass is 363 g/mol. The molecular weight excluding hydrogens is 330 g/mol. The van der Waals surface area contributed by atoms with Gasteiger partial charge in [-0.2, -0.15) is 0 Å². The normalized spacial score (nSPS) is 23.8. The summed E-state index contributed by atoms with van der Waals surface area (Å²) in [4.78, 5) is 4.21. The van der Waals surface area contributed by atoms with Crippen LogP contribution in [0.2, 0.25) is 13.1 Å². The lowest BCUT2D eigenvalue weighted by Crippen LogP contribution is -2.56. The van der Waals surface area contributed by atoms with E-state index in [1.165, 1.54) is 49.7 Å². The van der Waals surface area contributed by atoms with Gasteiger partial charge in [-0.1, -0.05) is 87.8 Å². The van der Waals surface area contributed by atoms with Crippen LogP contribution < -0.4 is 4.98 Å². The highest BCUT2D eigenvalue weighted by molar-refractivity contribution is 6.76. The van der Waals surface area contributed by atoms with E-state index >= 15 is 0 Å². The summed E-state index contributed by atoms with van der Waals surface area (Å²) in [6, 6.07) is 18.8. The van der Waals surface area contributed by atoms with Crippen LogP contribution in [-0.2, 0) is 6.42 Å². The average molecular weight is 364 g/mol. The van der Waals surface area contributed by atoms with E-state index in [4.69, 9.17) is 0 Å². The van der Waals surface area contributed by atoms with Crippen LogP contribution in [0.1, 0.15) is 55.7 Å². The predicted molar refractivity (Wildman–Crippen MR) is 115 cm³/mol. The molecule has 1 nitrogen and oxygen atoms in total. The Morgan fingerprint density at radius 3 is 2.35 bits per heavy atom. The van der Waals surface area contributed by atoms with E-state index in [0.717, 1.165) is 17.5 Å². The van der Waals surface area contributed by atoms with Gasteiger partial charge >= 0.3 is 0 Å². The minimum absolute atomic E-state index is 0.725. The van der Waals surface area contributed by atoms with Crippen LogP contribution in [0.3, 0.4) is 0 Å². The molecule has 2 heteroatoms. The van der Waals surface area contributed by atoms with Crippen molar-refractivity contribution in [2.45, 2.75) is 70.1 Å². The van der Waals surface area contributed by atoms with Crippen LogP contribution in [0.15, 0.2) is 48.5 Å². The largest absolute Gasteiger partial charge is 0.334 e. The average Bonchev–Trinajstić information content (AvgIpc) is 2.99. The summed E-state index contributed by atoms with van der Waals surface area (Å²) in [6.07, 6.45) is 8.26. The molecule has 26 heavy (non-hydrogen) atoms. The summed E-state index contributed by atoms with van der Waals surface area (Å²) in [7, 11) is -1.55. The second-order valence-electron chi connectivity index (χ2n) is 9.10. The van der Waals surface area contributed by atoms with Crippen LogP contribution in [0.25, 0.3) is 11.1 Å². The minimum atomic E-state index is -1.55. The molecule has 2 aromatic rings. The van der Waals surface area contributed by atoms with Gasteiger partial charge in [0.15, 0.2) is 0 Å². The van der Waals surface area contributed by atoms with E-state index in [2.05, 4.69) is 73.5 Å². The lowest BCUT2D eigenvalue weighted by molar-refractivity contribution is 0.409. The van der Waals surface area contributed by atoms with E-state index in [1.54, 1.807) is 11.1 Å². The lowest BCUT2D eigenvalue weighted by Gasteiger charge is -2.39. The number of fused-ring (bicyclic) bond motifs is 1. The second kappa shape index (κ2) is 7.32. The van der Waals surface area contributed by atoms with E-state index in [1.807, 2.05) is 0 Å². The molecule has 2 unspecified atom stereocenters. The van der Waals surface area contributed by atoms with Gasteiger partial charge in [-0.05, 0) is 53.0 Å². The van der Waals surface area contributed by atoms with Crippen LogP contribution in [0, 0.1) is 5.92 Å². The van der Waals surface area contributed by atoms with Gasteiger partial charge in [0.1, 0.15) is 8.24 Å². The molecule has 4 rings (SSSR count). The fourth-order valence-corrected chi connectivity index (χ4v) is 9.83. The lowest BCUT2D eigenvalue weighted by atomic mass is 9.96. The third kappa shape index (κ3) is 3.42. The molecule has 2 atom stereocenters. The molecule has 0 radical (unpaired) electrons. The Morgan fingerprint density at radius 1 is 0.885 bits per heavy atom. The van der Waals surface area contributed by atoms with Crippen molar-refractivity contribution < 1.29 is 0 Å². The quantitative estimate of drug-likeness (QED) is 0.629. The topological polar surface area (TPSA) is 12.0 Å². The first-order valence-electron chi connectivity index (χ1n) is 10.5. The van der Waals surface area contributed by atoms with Gasteiger partial charge in [0.25, 0.3) is 0 Å². The molecule has 138 valence electrons. The molecule has 2 aliphatic rings. The van der Waals surface area contributed by atoms with E-state index < -0.39 is 8.24 Å². The van der Waals surface area contributed by atoms with Crippen molar-refractivity contribution in [1.82, 2.24) is 4.98 Å². The third-order valence-electron chi connectivity index (χ3n) is 6.69. The first-order valence-corrected chi connectivity index (χ1v) is 13.6. The summed E-state index contributed by atoms with van der Waals surface area (Å²) in [6.45, 7) is 7.64. The molecule has 0 spiro atoms. The molecule has 1 saturated carbocycles. The Bertz CT molecular complexity index is 746. The summed E-state index contributed by atoms with van der Waals surface area (Å²) < 4.78 is 0. The minimum Gasteiger partial charge on any atom is -0.334 e. The first-order chi connectivity index (χ1) is 12.6. The summed E-state index contributed by atoms with van der Waals surface area (Å²) >= 11 is 0. The Labute approximate surface area is 160 Å². The van der Waals surface area contributed by atoms with Crippen LogP contribution in [0.4, 0.5) is 0 Å². The fraction of sp³-hybridized carbons (Fsp3) is 0.500. The Balaban J connectivity index is 1.66. The molecule has 0 bridgehead atoms. The highest BCUT2D eigenvalue weighted by Crippen LogP contribution is 2.46. The van der Waals surface area contributed by atoms with Crippen molar-refractivity contribution >= 4 is 8.24 Å². The van der Waals surface area contributed by atoms with Crippen molar-refractivity contribution in [2.24, 2.45) is 5.92 Å². The molecule has 0 aromatic heterocycles. The number of benzene rings is 2. The van der Waals surface area contributed by atoms with Gasteiger partial charge in [0.05, 0.1) is 0 Å². The van der Waals surface area contributed by atoms with Crippen molar-refractivity contribution in [2.75, 3.05) is 0 Å². The predicted octanol–water partition coefficient (Wildman–Crippen LogP) is 6.30. The molecular formula is C24H33NSi. The molecule has 0 aliphatic heterocycles. The van der Waals surface area contributed by atoms with Gasteiger partial charge in [-0.15, -0.1) is 0 Å². The molecule has 2 aromatic carbocycles. The number of hydrogen-bond donors (Lipinski definition) is 1. The van der Waals surface area contributed by atoms with Crippen molar-refractivity contribution in [3.05, 3.63) is 59.7 Å². The molecule has 1 fully saturated rings. The standard InChI is InChI=1S/C24H33NSi/c1-18-17-23-21(19-11-6-4-7-12-19)15-10-16-22(23)24(18)26(2,3)25-20-13-8-5-9-14-20/h4,6-7,10-12,15-16,18,20,24-25H,5,8-9,13-14,17H2,1-3H3. The number of hydrogen-bond acceptors (Lipinski definition) is 1. The van der Waals surface area contributed by atoms with Crippen molar-refractivity contribution in [1.29, 1.82) is 0 Å². The highest BCUT2D eigenvalue weighted by Gasteiger charge is 2.43. The first kappa shape index (κ1) is 18.0. The van der Waals surface area contributed by atoms with Crippen molar-refractivity contribution in [3.8, 4) is 11.1 Å². The molecule has 1 N–H and O–H groups in total. The van der Waals surface area contributed by atoms with Gasteiger partial charge in [-0.3, -0.25) is 0 Å². The SMILES string of the molecule is CC1Cc2c(-c3ccccc3)cccc2C1[Si](C)(C)NC1CCCCC1. The van der Waals surface area contributed by atoms with Crippen LogP contribution in [-0.4, -0.2) is 14.3 Å². The highest BCUT2D eigenvalue weighted by atomic mass is 28.3. The summed E-state index contributed by atoms with van der Waals surface area (Å²) in [5.74, 6) is 0.743. The summed E-state index contributed by atoms with van der Waals surface area (Å²) in [5.41, 5.74) is 6.81. The number of nitrogens with one attached hydrogen (secondary N) is 1. The van der Waals surface area contributed by atoms with Gasteiger partial charge in [-0.25, -0.2) is 0 Å². The van der Waals surface area contributed by atoms with Gasteiger partial charge < -0.3 is 4.98 Å². The van der Waals surface area contributed by atoms with E-state index in [-0.39, 0.29) is 0 Å². The van der Waals surface area contributed by atoms with Crippen molar-refractivity contribution in [3.63, 3.8) is 0 Å². The Hall–Kier alpha value is -1.38. The number of rotatable bonds is 4. The maximum Gasteiger partial charge on any atom is 0.127 e. The third-order valence-corrected chi connectivity index (χ3v) is 10.3. The van der Waals surface area contributed by atoms with Crippen LogP contribution in [0.5, 0.6) is 0 Å². The van der Waals surface area contributed by atoms with Gasteiger partial charge in [0.2, 0.25) is 0 Å². The van der Waals surface area contributed by atoms with E-state index in [9.17, 15) is 0 Å². The molecule has 0 saturated heterocycles. The molecule has 2 aliphatic carbocycles. The van der Waals surface area contributed by atoms with Gasteiger partial charge in [0, 0.05) is 6.04 Å². The summed E-state index contributed by atoms with van der Waals surface area (Å²) in [5, 5.41) is 0. The van der Waals surface area contributed by atoms with Crippen LogP contribution >= 0.6 is 0 Å². The zero-order valence-corrected chi connectivity index (χ0v) is 17.6. The maximum atomic E-state index is 4.21. The maximum absolute atomic E-state index is 4.21. The zero-order valence-electron chi connectivity index (χ0n) is 16.6. The Kier molecular flexibility index (Phi) is 5.07. The smallest absolute Gasteiger partial charge is 0.127 e. The molecule has 0 amide bonds. The Morgan fingerprint density at radius 2 is 1.62 bits per heavy atom. The zero-order chi connectivity index (χ0) is 18.1. The molecule has 0 heterocycles.